The Morgan fingerprint density at radius 2 is 1.75 bits per heavy atom. The number of ether oxygens (including phenoxy) is 2. The molecule has 0 aromatic heterocycles. The highest BCUT2D eigenvalue weighted by molar-refractivity contribution is 5.94. The van der Waals surface area contributed by atoms with Gasteiger partial charge in [0, 0.05) is 30.6 Å². The lowest BCUT2D eigenvalue weighted by molar-refractivity contribution is 0.0755. The van der Waals surface area contributed by atoms with E-state index in [0.717, 1.165) is 55.0 Å². The zero-order valence-corrected chi connectivity index (χ0v) is 17.5. The minimum atomic E-state index is -0.188. The van der Waals surface area contributed by atoms with Gasteiger partial charge in [0.15, 0.2) is 11.5 Å². The Hall–Kier alpha value is -2.49. The van der Waals surface area contributed by atoms with Crippen molar-refractivity contribution in [2.75, 3.05) is 13.1 Å². The Labute approximate surface area is 168 Å². The van der Waals surface area contributed by atoms with Crippen LogP contribution in [0.25, 0.3) is 0 Å². The fourth-order valence-corrected chi connectivity index (χ4v) is 3.64. The standard InChI is InChI=1S/C24H31NO3/c1-5-14-25(15-6-2)23(26)19-12-10-18(11-13-19)17-27-21-9-7-8-20-16-24(3,4)28-22(20)21/h7-13H,5-6,14-17H2,1-4H3. The third-order valence-corrected chi connectivity index (χ3v) is 4.92. The number of para-hydroxylation sites is 1. The van der Waals surface area contributed by atoms with E-state index < -0.39 is 0 Å². The van der Waals surface area contributed by atoms with Crippen molar-refractivity contribution < 1.29 is 14.3 Å². The van der Waals surface area contributed by atoms with Gasteiger partial charge < -0.3 is 14.4 Å². The monoisotopic (exact) mass is 381 g/mol. The summed E-state index contributed by atoms with van der Waals surface area (Å²) in [6.07, 6.45) is 2.83. The summed E-state index contributed by atoms with van der Waals surface area (Å²) in [5.74, 6) is 1.74. The molecule has 0 saturated heterocycles. The first-order chi connectivity index (χ1) is 13.4. The molecule has 1 amide bonds. The molecule has 4 heteroatoms. The van der Waals surface area contributed by atoms with Crippen LogP contribution in [0, 0.1) is 0 Å². The molecule has 2 aromatic rings. The Kier molecular flexibility index (Phi) is 6.28. The smallest absolute Gasteiger partial charge is 0.253 e. The van der Waals surface area contributed by atoms with E-state index in [2.05, 4.69) is 33.8 Å². The number of hydrogen-bond donors (Lipinski definition) is 0. The zero-order chi connectivity index (χ0) is 20.1. The van der Waals surface area contributed by atoms with Crippen molar-refractivity contribution >= 4 is 5.91 Å². The summed E-state index contributed by atoms with van der Waals surface area (Å²) in [5, 5.41) is 0. The van der Waals surface area contributed by atoms with Crippen LogP contribution in [0.3, 0.4) is 0 Å². The van der Waals surface area contributed by atoms with E-state index in [4.69, 9.17) is 9.47 Å². The summed E-state index contributed by atoms with van der Waals surface area (Å²) in [5.41, 5.74) is 2.77. The van der Waals surface area contributed by atoms with Crippen molar-refractivity contribution in [3.05, 3.63) is 59.2 Å². The molecule has 3 rings (SSSR count). The molecular weight excluding hydrogens is 350 g/mol. The Morgan fingerprint density at radius 3 is 2.39 bits per heavy atom. The van der Waals surface area contributed by atoms with Crippen molar-refractivity contribution in [2.45, 2.75) is 59.2 Å². The molecule has 150 valence electrons. The quantitative estimate of drug-likeness (QED) is 0.627. The fraction of sp³-hybridized carbons (Fsp3) is 0.458. The third-order valence-electron chi connectivity index (χ3n) is 4.92. The number of carbonyl (C=O) groups excluding carboxylic acids is 1. The van der Waals surface area contributed by atoms with E-state index in [1.165, 1.54) is 5.56 Å². The molecule has 0 spiro atoms. The number of hydrogen-bond acceptors (Lipinski definition) is 3. The molecule has 4 nitrogen and oxygen atoms in total. The summed E-state index contributed by atoms with van der Waals surface area (Å²) in [7, 11) is 0. The lowest BCUT2D eigenvalue weighted by atomic mass is 10.0. The largest absolute Gasteiger partial charge is 0.485 e. The van der Waals surface area contributed by atoms with Gasteiger partial charge in [0.05, 0.1) is 0 Å². The third kappa shape index (κ3) is 4.67. The van der Waals surface area contributed by atoms with Gasteiger partial charge in [-0.1, -0.05) is 38.1 Å². The summed E-state index contributed by atoms with van der Waals surface area (Å²) in [4.78, 5) is 14.6. The van der Waals surface area contributed by atoms with Gasteiger partial charge in [-0.3, -0.25) is 4.79 Å². The van der Waals surface area contributed by atoms with Crippen LogP contribution in [-0.2, 0) is 13.0 Å². The highest BCUT2D eigenvalue weighted by Crippen LogP contribution is 2.41. The molecule has 0 atom stereocenters. The molecule has 1 aliphatic heterocycles. The van der Waals surface area contributed by atoms with Gasteiger partial charge in [-0.2, -0.15) is 0 Å². The molecule has 0 saturated carbocycles. The van der Waals surface area contributed by atoms with Crippen LogP contribution in [0.4, 0.5) is 0 Å². The van der Waals surface area contributed by atoms with E-state index in [-0.39, 0.29) is 11.5 Å². The van der Waals surface area contributed by atoms with Crippen LogP contribution in [0.1, 0.15) is 62.0 Å². The van der Waals surface area contributed by atoms with Crippen molar-refractivity contribution in [3.63, 3.8) is 0 Å². The van der Waals surface area contributed by atoms with E-state index in [9.17, 15) is 4.79 Å². The normalized spacial score (nSPS) is 14.3. The number of amides is 1. The highest BCUT2D eigenvalue weighted by Gasteiger charge is 2.32. The first-order valence-corrected chi connectivity index (χ1v) is 10.3. The van der Waals surface area contributed by atoms with Gasteiger partial charge in [-0.05, 0) is 50.5 Å². The topological polar surface area (TPSA) is 38.8 Å². The average Bonchev–Trinajstić information content (AvgIpc) is 3.00. The second-order valence-electron chi connectivity index (χ2n) is 8.06. The van der Waals surface area contributed by atoms with Crippen molar-refractivity contribution in [1.82, 2.24) is 4.90 Å². The minimum absolute atomic E-state index is 0.104. The number of rotatable bonds is 8. The molecule has 28 heavy (non-hydrogen) atoms. The number of fused-ring (bicyclic) bond motifs is 1. The van der Waals surface area contributed by atoms with E-state index in [1.807, 2.05) is 41.3 Å². The molecule has 0 unspecified atom stereocenters. The predicted molar refractivity (Wildman–Crippen MR) is 112 cm³/mol. The highest BCUT2D eigenvalue weighted by atomic mass is 16.5. The number of nitrogens with zero attached hydrogens (tertiary/aromatic N) is 1. The van der Waals surface area contributed by atoms with Crippen LogP contribution in [-0.4, -0.2) is 29.5 Å². The van der Waals surface area contributed by atoms with Crippen molar-refractivity contribution in [1.29, 1.82) is 0 Å². The number of carbonyl (C=O) groups is 1. The fourth-order valence-electron chi connectivity index (χ4n) is 3.64. The summed E-state index contributed by atoms with van der Waals surface area (Å²) < 4.78 is 12.1. The van der Waals surface area contributed by atoms with Crippen molar-refractivity contribution in [2.24, 2.45) is 0 Å². The predicted octanol–water partition coefficient (Wildman–Crippen LogP) is 5.24. The lowest BCUT2D eigenvalue weighted by Crippen LogP contribution is -2.32. The Balaban J connectivity index is 1.65. The maximum absolute atomic E-state index is 12.7. The molecule has 0 N–H and O–H groups in total. The molecule has 0 bridgehead atoms. The van der Waals surface area contributed by atoms with Crippen LogP contribution >= 0.6 is 0 Å². The van der Waals surface area contributed by atoms with Crippen LogP contribution in [0.15, 0.2) is 42.5 Å². The van der Waals surface area contributed by atoms with E-state index >= 15 is 0 Å². The first kappa shape index (κ1) is 20.2. The van der Waals surface area contributed by atoms with Gasteiger partial charge in [0.25, 0.3) is 5.91 Å². The SMILES string of the molecule is CCCN(CCC)C(=O)c1ccc(COc2cccc3c2OC(C)(C)C3)cc1. The first-order valence-electron chi connectivity index (χ1n) is 10.3. The number of benzene rings is 2. The minimum Gasteiger partial charge on any atom is -0.485 e. The molecule has 0 radical (unpaired) electrons. The lowest BCUT2D eigenvalue weighted by Gasteiger charge is -2.21. The maximum atomic E-state index is 12.7. The van der Waals surface area contributed by atoms with Gasteiger partial charge in [0.2, 0.25) is 0 Å². The molecule has 1 aliphatic rings. The van der Waals surface area contributed by atoms with Crippen molar-refractivity contribution in [3.8, 4) is 11.5 Å². The second kappa shape index (κ2) is 8.68. The van der Waals surface area contributed by atoms with Crippen LogP contribution in [0.2, 0.25) is 0 Å². The molecule has 0 fully saturated rings. The van der Waals surface area contributed by atoms with Gasteiger partial charge in [-0.25, -0.2) is 0 Å². The molecule has 0 aliphatic carbocycles. The van der Waals surface area contributed by atoms with Crippen LogP contribution < -0.4 is 9.47 Å². The van der Waals surface area contributed by atoms with E-state index in [1.54, 1.807) is 0 Å². The zero-order valence-electron chi connectivity index (χ0n) is 17.5. The summed E-state index contributed by atoms with van der Waals surface area (Å²) in [6.45, 7) is 10.4. The molecular formula is C24H31NO3. The molecule has 2 aromatic carbocycles. The van der Waals surface area contributed by atoms with Gasteiger partial charge in [-0.15, -0.1) is 0 Å². The second-order valence-corrected chi connectivity index (χ2v) is 8.06. The Morgan fingerprint density at radius 1 is 1.07 bits per heavy atom. The van der Waals surface area contributed by atoms with Gasteiger partial charge in [0.1, 0.15) is 12.2 Å². The summed E-state index contributed by atoms with van der Waals surface area (Å²) >= 11 is 0. The van der Waals surface area contributed by atoms with Gasteiger partial charge >= 0.3 is 0 Å². The van der Waals surface area contributed by atoms with E-state index in [0.29, 0.717) is 6.61 Å². The molecule has 1 heterocycles. The average molecular weight is 382 g/mol. The van der Waals surface area contributed by atoms with Crippen LogP contribution in [0.5, 0.6) is 11.5 Å². The summed E-state index contributed by atoms with van der Waals surface area (Å²) in [6, 6.07) is 13.8. The Bertz CT molecular complexity index is 805. The maximum Gasteiger partial charge on any atom is 0.253 e.